The third-order valence-electron chi connectivity index (χ3n) is 3.97. The van der Waals surface area contributed by atoms with E-state index in [9.17, 15) is 4.79 Å². The molecule has 0 bridgehead atoms. The highest BCUT2D eigenvalue weighted by atomic mass is 32.2. The molecule has 0 radical (unpaired) electrons. The quantitative estimate of drug-likeness (QED) is 0.838. The number of carbonyl (C=O) groups excluding carboxylic acids is 1. The first-order valence-corrected chi connectivity index (χ1v) is 8.37. The van der Waals surface area contributed by atoms with Gasteiger partial charge in [-0.05, 0) is 30.5 Å². The van der Waals surface area contributed by atoms with Crippen molar-refractivity contribution in [3.05, 3.63) is 36.2 Å². The molecule has 20 heavy (non-hydrogen) atoms. The minimum absolute atomic E-state index is 0.0567. The molecule has 0 saturated carbocycles. The molecule has 1 fully saturated rings. The molecular weight excluding hydrogens is 268 g/mol. The Kier molecular flexibility index (Phi) is 4.41. The van der Waals surface area contributed by atoms with Gasteiger partial charge in [0.15, 0.2) is 0 Å². The van der Waals surface area contributed by atoms with Crippen LogP contribution < -0.4 is 0 Å². The third-order valence-corrected chi connectivity index (χ3v) is 5.18. The van der Waals surface area contributed by atoms with Gasteiger partial charge in [0.25, 0.3) is 0 Å². The van der Waals surface area contributed by atoms with Crippen molar-refractivity contribution < 1.29 is 4.79 Å². The van der Waals surface area contributed by atoms with Gasteiger partial charge in [-0.2, -0.15) is 0 Å². The summed E-state index contributed by atoms with van der Waals surface area (Å²) in [5.74, 6) is 1.26. The van der Waals surface area contributed by atoms with E-state index in [1.807, 2.05) is 12.1 Å². The van der Waals surface area contributed by atoms with Crippen LogP contribution in [0.5, 0.6) is 0 Å². The summed E-state index contributed by atoms with van der Waals surface area (Å²) in [6.07, 6.45) is 10.6. The Morgan fingerprint density at radius 1 is 1.15 bits per heavy atom. The van der Waals surface area contributed by atoms with Crippen LogP contribution in [0.1, 0.15) is 31.2 Å². The second-order valence-electron chi connectivity index (χ2n) is 5.42. The van der Waals surface area contributed by atoms with Gasteiger partial charge in [0.05, 0.1) is 5.92 Å². The lowest BCUT2D eigenvalue weighted by atomic mass is 10.1. The van der Waals surface area contributed by atoms with Gasteiger partial charge in [0, 0.05) is 36.1 Å². The SMILES string of the molecule is O=C(C1C=C(c2ccncc2)SC1)N1CCCCCC1. The number of thioether (sulfide) groups is 1. The fourth-order valence-electron chi connectivity index (χ4n) is 2.82. The first-order valence-electron chi connectivity index (χ1n) is 7.38. The van der Waals surface area contributed by atoms with Crippen molar-refractivity contribution in [2.45, 2.75) is 25.7 Å². The summed E-state index contributed by atoms with van der Waals surface area (Å²) in [5.41, 5.74) is 1.18. The van der Waals surface area contributed by atoms with Gasteiger partial charge in [-0.15, -0.1) is 11.8 Å². The van der Waals surface area contributed by atoms with Crippen molar-refractivity contribution in [2.24, 2.45) is 5.92 Å². The zero-order chi connectivity index (χ0) is 13.8. The fourth-order valence-corrected chi connectivity index (χ4v) is 3.98. The first kappa shape index (κ1) is 13.7. The zero-order valence-electron chi connectivity index (χ0n) is 11.6. The van der Waals surface area contributed by atoms with E-state index in [1.54, 1.807) is 24.2 Å². The average molecular weight is 288 g/mol. The lowest BCUT2D eigenvalue weighted by molar-refractivity contribution is -0.133. The van der Waals surface area contributed by atoms with E-state index < -0.39 is 0 Å². The minimum atomic E-state index is 0.0567. The van der Waals surface area contributed by atoms with E-state index in [0.717, 1.165) is 31.7 Å². The summed E-state index contributed by atoms with van der Waals surface area (Å²) in [6, 6.07) is 4.02. The maximum Gasteiger partial charge on any atom is 0.230 e. The molecule has 3 rings (SSSR count). The number of amides is 1. The molecule has 1 saturated heterocycles. The van der Waals surface area contributed by atoms with Crippen LogP contribution in [0, 0.1) is 5.92 Å². The van der Waals surface area contributed by atoms with Crippen molar-refractivity contribution in [3.63, 3.8) is 0 Å². The summed E-state index contributed by atoms with van der Waals surface area (Å²) in [6.45, 7) is 1.89. The van der Waals surface area contributed by atoms with Crippen LogP contribution in [0.15, 0.2) is 30.6 Å². The summed E-state index contributed by atoms with van der Waals surface area (Å²) in [4.78, 5) is 19.9. The molecule has 0 aromatic carbocycles. The molecule has 3 heterocycles. The van der Waals surface area contributed by atoms with E-state index in [-0.39, 0.29) is 5.92 Å². The molecule has 1 aromatic heterocycles. The van der Waals surface area contributed by atoms with Crippen molar-refractivity contribution >= 4 is 22.6 Å². The number of pyridine rings is 1. The highest BCUT2D eigenvalue weighted by Gasteiger charge is 2.28. The molecule has 1 aromatic rings. The van der Waals surface area contributed by atoms with Gasteiger partial charge in [-0.25, -0.2) is 0 Å². The largest absolute Gasteiger partial charge is 0.342 e. The summed E-state index contributed by atoms with van der Waals surface area (Å²) < 4.78 is 0. The Morgan fingerprint density at radius 3 is 2.55 bits per heavy atom. The van der Waals surface area contributed by atoms with Gasteiger partial charge >= 0.3 is 0 Å². The lowest BCUT2D eigenvalue weighted by Gasteiger charge is -2.22. The summed E-state index contributed by atoms with van der Waals surface area (Å²) >= 11 is 1.79. The van der Waals surface area contributed by atoms with Crippen LogP contribution in [0.3, 0.4) is 0 Å². The topological polar surface area (TPSA) is 33.2 Å². The smallest absolute Gasteiger partial charge is 0.230 e. The first-order chi connectivity index (χ1) is 9.84. The fraction of sp³-hybridized carbons (Fsp3) is 0.500. The van der Waals surface area contributed by atoms with E-state index in [1.165, 1.54) is 23.3 Å². The van der Waals surface area contributed by atoms with Crippen molar-refractivity contribution in [1.82, 2.24) is 9.88 Å². The van der Waals surface area contributed by atoms with E-state index >= 15 is 0 Å². The van der Waals surface area contributed by atoms with Crippen molar-refractivity contribution in [1.29, 1.82) is 0 Å². The Hall–Kier alpha value is -1.29. The number of aromatic nitrogens is 1. The molecule has 2 aliphatic rings. The van der Waals surface area contributed by atoms with E-state index in [2.05, 4.69) is 16.0 Å². The highest BCUT2D eigenvalue weighted by molar-refractivity contribution is 8.08. The molecule has 4 heteroatoms. The van der Waals surface area contributed by atoms with Crippen LogP contribution in [0.4, 0.5) is 0 Å². The van der Waals surface area contributed by atoms with Gasteiger partial charge in [0.2, 0.25) is 5.91 Å². The molecule has 1 unspecified atom stereocenters. The maximum absolute atomic E-state index is 12.6. The standard InChI is InChI=1S/C16H20N2OS/c19-16(18-9-3-1-2-4-10-18)14-11-15(20-12-14)13-5-7-17-8-6-13/h5-8,11,14H,1-4,9-10,12H2. The predicted octanol–water partition coefficient (Wildman–Crippen LogP) is 3.19. The molecule has 3 nitrogen and oxygen atoms in total. The van der Waals surface area contributed by atoms with Gasteiger partial charge in [-0.1, -0.05) is 18.9 Å². The average Bonchev–Trinajstić information content (AvgIpc) is 2.83. The Bertz CT molecular complexity index is 492. The summed E-state index contributed by atoms with van der Waals surface area (Å²) in [5, 5.41) is 0. The van der Waals surface area contributed by atoms with Crippen LogP contribution >= 0.6 is 11.8 Å². The summed E-state index contributed by atoms with van der Waals surface area (Å²) in [7, 11) is 0. The van der Waals surface area contributed by atoms with Crippen LogP contribution in [0.25, 0.3) is 4.91 Å². The second kappa shape index (κ2) is 6.44. The molecule has 0 aliphatic carbocycles. The molecule has 106 valence electrons. The number of hydrogen-bond acceptors (Lipinski definition) is 3. The number of rotatable bonds is 2. The molecule has 2 aliphatic heterocycles. The van der Waals surface area contributed by atoms with Gasteiger partial charge < -0.3 is 4.90 Å². The predicted molar refractivity (Wildman–Crippen MR) is 83.2 cm³/mol. The molecule has 0 spiro atoms. The van der Waals surface area contributed by atoms with Gasteiger partial charge in [0.1, 0.15) is 0 Å². The van der Waals surface area contributed by atoms with E-state index in [0.29, 0.717) is 5.91 Å². The van der Waals surface area contributed by atoms with Gasteiger partial charge in [-0.3, -0.25) is 9.78 Å². The number of carbonyl (C=O) groups is 1. The van der Waals surface area contributed by atoms with Crippen molar-refractivity contribution in [2.75, 3.05) is 18.8 Å². The van der Waals surface area contributed by atoms with Crippen molar-refractivity contribution in [3.8, 4) is 0 Å². The third kappa shape index (κ3) is 3.06. The number of nitrogens with zero attached hydrogens (tertiary/aromatic N) is 2. The Morgan fingerprint density at radius 2 is 1.85 bits per heavy atom. The van der Waals surface area contributed by atoms with Crippen LogP contribution in [-0.4, -0.2) is 34.6 Å². The highest BCUT2D eigenvalue weighted by Crippen LogP contribution is 2.37. The Labute approximate surface area is 124 Å². The second-order valence-corrected chi connectivity index (χ2v) is 6.49. The number of likely N-dealkylation sites (tertiary alicyclic amines) is 1. The van der Waals surface area contributed by atoms with Crippen LogP contribution in [-0.2, 0) is 4.79 Å². The lowest BCUT2D eigenvalue weighted by Crippen LogP contribution is -2.36. The molecule has 1 amide bonds. The number of hydrogen-bond donors (Lipinski definition) is 0. The maximum atomic E-state index is 12.6. The van der Waals surface area contributed by atoms with Crippen LogP contribution in [0.2, 0.25) is 0 Å². The minimum Gasteiger partial charge on any atom is -0.342 e. The van der Waals surface area contributed by atoms with E-state index in [4.69, 9.17) is 0 Å². The zero-order valence-corrected chi connectivity index (χ0v) is 12.4. The molecule has 0 N–H and O–H groups in total. The molecule has 1 atom stereocenters. The normalized spacial score (nSPS) is 23.3. The Balaban J connectivity index is 1.69. The molecular formula is C16H20N2OS. The monoisotopic (exact) mass is 288 g/mol.